The van der Waals surface area contributed by atoms with E-state index in [-0.39, 0.29) is 5.91 Å². The standard InChI is InChI=1S/C26H27N5O2S/c1-17-7-6-8-19(15-17)29-25(32)23-18(2)22-24(27-16-28-26(22)34-23)31-13-11-30(12-14-31)20-9-4-5-10-21(20)33-3/h4-10,15-16H,11-14H2,1-3H3,(H,29,32). The zero-order chi connectivity index (χ0) is 23.7. The van der Waals surface area contributed by atoms with Crippen molar-refractivity contribution in [3.63, 3.8) is 0 Å². The van der Waals surface area contributed by atoms with Crippen LogP contribution in [-0.4, -0.2) is 49.2 Å². The van der Waals surface area contributed by atoms with Gasteiger partial charge in [0, 0.05) is 31.9 Å². The molecule has 1 saturated heterocycles. The third-order valence-corrected chi connectivity index (χ3v) is 7.39. The molecule has 34 heavy (non-hydrogen) atoms. The van der Waals surface area contributed by atoms with E-state index < -0.39 is 0 Å². The first-order valence-electron chi connectivity index (χ1n) is 11.3. The third kappa shape index (κ3) is 4.17. The van der Waals surface area contributed by atoms with E-state index in [4.69, 9.17) is 4.74 Å². The molecule has 2 aromatic heterocycles. The van der Waals surface area contributed by atoms with Crippen molar-refractivity contribution in [1.82, 2.24) is 9.97 Å². The molecule has 2 aromatic carbocycles. The van der Waals surface area contributed by atoms with Crippen molar-refractivity contribution >= 4 is 44.7 Å². The van der Waals surface area contributed by atoms with Gasteiger partial charge in [0.15, 0.2) is 0 Å². The van der Waals surface area contributed by atoms with Crippen molar-refractivity contribution in [3.8, 4) is 5.75 Å². The lowest BCUT2D eigenvalue weighted by Crippen LogP contribution is -2.47. The second-order valence-electron chi connectivity index (χ2n) is 8.40. The number of ether oxygens (including phenoxy) is 1. The molecule has 4 aromatic rings. The summed E-state index contributed by atoms with van der Waals surface area (Å²) < 4.78 is 5.55. The monoisotopic (exact) mass is 473 g/mol. The summed E-state index contributed by atoms with van der Waals surface area (Å²) in [5.41, 5.74) is 3.93. The highest BCUT2D eigenvalue weighted by Crippen LogP contribution is 2.36. The second kappa shape index (κ2) is 9.30. The van der Waals surface area contributed by atoms with Crippen LogP contribution in [0, 0.1) is 13.8 Å². The Morgan fingerprint density at radius 3 is 2.53 bits per heavy atom. The fraction of sp³-hybridized carbons (Fsp3) is 0.269. The number of para-hydroxylation sites is 2. The number of nitrogens with zero attached hydrogens (tertiary/aromatic N) is 4. The molecule has 0 aliphatic carbocycles. The molecular formula is C26H27N5O2S. The molecule has 0 unspecified atom stereocenters. The smallest absolute Gasteiger partial charge is 0.266 e. The van der Waals surface area contributed by atoms with Crippen molar-refractivity contribution in [2.75, 3.05) is 48.4 Å². The molecule has 0 spiro atoms. The highest BCUT2D eigenvalue weighted by atomic mass is 32.1. The average molecular weight is 474 g/mol. The minimum absolute atomic E-state index is 0.113. The van der Waals surface area contributed by atoms with Gasteiger partial charge in [-0.15, -0.1) is 11.3 Å². The zero-order valence-corrected chi connectivity index (χ0v) is 20.4. The van der Waals surface area contributed by atoms with Crippen LogP contribution in [0.5, 0.6) is 5.75 Å². The molecule has 0 radical (unpaired) electrons. The number of nitrogens with one attached hydrogen (secondary N) is 1. The molecule has 0 bridgehead atoms. The predicted molar refractivity (Wildman–Crippen MR) is 139 cm³/mol. The quantitative estimate of drug-likeness (QED) is 0.445. The summed E-state index contributed by atoms with van der Waals surface area (Å²) in [5, 5.41) is 3.99. The van der Waals surface area contributed by atoms with E-state index in [1.165, 1.54) is 11.3 Å². The van der Waals surface area contributed by atoms with Crippen LogP contribution in [0.1, 0.15) is 20.8 Å². The van der Waals surface area contributed by atoms with Crippen LogP contribution in [0.15, 0.2) is 54.9 Å². The number of benzene rings is 2. The van der Waals surface area contributed by atoms with E-state index >= 15 is 0 Å². The topological polar surface area (TPSA) is 70.6 Å². The first kappa shape index (κ1) is 22.2. The maximum absolute atomic E-state index is 13.1. The van der Waals surface area contributed by atoms with E-state index in [9.17, 15) is 4.79 Å². The molecule has 1 aliphatic rings. The summed E-state index contributed by atoms with van der Waals surface area (Å²) in [5.74, 6) is 1.67. The molecule has 1 N–H and O–H groups in total. The first-order valence-corrected chi connectivity index (χ1v) is 12.1. The zero-order valence-electron chi connectivity index (χ0n) is 19.5. The van der Waals surface area contributed by atoms with E-state index in [0.29, 0.717) is 4.88 Å². The molecule has 0 atom stereocenters. The first-order chi connectivity index (χ1) is 16.5. The molecule has 1 amide bonds. The molecular weight excluding hydrogens is 446 g/mol. The largest absolute Gasteiger partial charge is 0.495 e. The molecule has 7 nitrogen and oxygen atoms in total. The molecule has 174 valence electrons. The predicted octanol–water partition coefficient (Wildman–Crippen LogP) is 4.90. The Morgan fingerprint density at radius 1 is 1.00 bits per heavy atom. The Balaban J connectivity index is 1.39. The van der Waals surface area contributed by atoms with Crippen LogP contribution in [0.2, 0.25) is 0 Å². The number of fused-ring (bicyclic) bond motifs is 1. The van der Waals surface area contributed by atoms with E-state index in [0.717, 1.165) is 70.5 Å². The number of hydrogen-bond donors (Lipinski definition) is 1. The van der Waals surface area contributed by atoms with Gasteiger partial charge >= 0.3 is 0 Å². The van der Waals surface area contributed by atoms with Gasteiger partial charge < -0.3 is 19.9 Å². The number of piperazine rings is 1. The summed E-state index contributed by atoms with van der Waals surface area (Å²) in [6, 6.07) is 15.9. The SMILES string of the molecule is COc1ccccc1N1CCN(c2ncnc3sc(C(=O)Nc4cccc(C)c4)c(C)c23)CC1. The summed E-state index contributed by atoms with van der Waals surface area (Å²) in [6.45, 7) is 7.36. The van der Waals surface area contributed by atoms with Crippen LogP contribution in [0.4, 0.5) is 17.2 Å². The Labute approximate surface area is 203 Å². The van der Waals surface area contributed by atoms with Crippen molar-refractivity contribution in [2.45, 2.75) is 13.8 Å². The number of aromatic nitrogens is 2. The maximum atomic E-state index is 13.1. The van der Waals surface area contributed by atoms with Crippen molar-refractivity contribution in [3.05, 3.63) is 70.9 Å². The van der Waals surface area contributed by atoms with Crippen LogP contribution in [0.3, 0.4) is 0 Å². The molecule has 0 saturated carbocycles. The number of carbonyl (C=O) groups is 1. The third-order valence-electron chi connectivity index (χ3n) is 6.19. The van der Waals surface area contributed by atoms with Crippen LogP contribution < -0.4 is 19.9 Å². The fourth-order valence-electron chi connectivity index (χ4n) is 4.47. The van der Waals surface area contributed by atoms with Gasteiger partial charge in [-0.2, -0.15) is 0 Å². The fourth-order valence-corrected chi connectivity index (χ4v) is 5.51. The Hall–Kier alpha value is -3.65. The molecule has 1 aliphatic heterocycles. The minimum Gasteiger partial charge on any atom is -0.495 e. The van der Waals surface area contributed by atoms with Gasteiger partial charge in [-0.3, -0.25) is 4.79 Å². The highest BCUT2D eigenvalue weighted by Gasteiger charge is 2.25. The lowest BCUT2D eigenvalue weighted by molar-refractivity contribution is 0.103. The summed E-state index contributed by atoms with van der Waals surface area (Å²) in [6.07, 6.45) is 1.60. The molecule has 5 rings (SSSR count). The molecule has 8 heteroatoms. The van der Waals surface area contributed by atoms with Crippen molar-refractivity contribution in [2.24, 2.45) is 0 Å². The number of anilines is 3. The number of rotatable bonds is 5. The van der Waals surface area contributed by atoms with Crippen molar-refractivity contribution in [1.29, 1.82) is 0 Å². The number of hydrogen-bond acceptors (Lipinski definition) is 7. The van der Waals surface area contributed by atoms with Gasteiger partial charge in [0.25, 0.3) is 5.91 Å². The Kier molecular flexibility index (Phi) is 6.06. The maximum Gasteiger partial charge on any atom is 0.266 e. The second-order valence-corrected chi connectivity index (χ2v) is 9.40. The average Bonchev–Trinajstić information content (AvgIpc) is 3.21. The van der Waals surface area contributed by atoms with Crippen LogP contribution in [-0.2, 0) is 0 Å². The highest BCUT2D eigenvalue weighted by molar-refractivity contribution is 7.20. The number of carbonyl (C=O) groups excluding carboxylic acids is 1. The number of thiophene rings is 1. The summed E-state index contributed by atoms with van der Waals surface area (Å²) in [4.78, 5) is 28.3. The molecule has 3 heterocycles. The van der Waals surface area contributed by atoms with Gasteiger partial charge in [0.05, 0.1) is 23.1 Å². The summed E-state index contributed by atoms with van der Waals surface area (Å²) in [7, 11) is 1.71. The lowest BCUT2D eigenvalue weighted by atomic mass is 10.1. The number of amides is 1. The van der Waals surface area contributed by atoms with E-state index in [2.05, 4.69) is 31.2 Å². The van der Waals surface area contributed by atoms with Gasteiger partial charge in [-0.1, -0.05) is 24.3 Å². The number of aryl methyl sites for hydroxylation is 2. The van der Waals surface area contributed by atoms with Gasteiger partial charge in [-0.05, 0) is 49.2 Å². The normalized spacial score (nSPS) is 13.9. The van der Waals surface area contributed by atoms with Crippen LogP contribution in [0.25, 0.3) is 10.2 Å². The molecule has 1 fully saturated rings. The van der Waals surface area contributed by atoms with Gasteiger partial charge in [0.1, 0.15) is 22.7 Å². The van der Waals surface area contributed by atoms with E-state index in [1.54, 1.807) is 13.4 Å². The summed E-state index contributed by atoms with van der Waals surface area (Å²) >= 11 is 1.42. The van der Waals surface area contributed by atoms with Crippen molar-refractivity contribution < 1.29 is 9.53 Å². The van der Waals surface area contributed by atoms with Crippen LogP contribution >= 0.6 is 11.3 Å². The van der Waals surface area contributed by atoms with E-state index in [1.807, 2.05) is 56.3 Å². The lowest BCUT2D eigenvalue weighted by Gasteiger charge is -2.37. The number of methoxy groups -OCH3 is 1. The van der Waals surface area contributed by atoms with Gasteiger partial charge in [-0.25, -0.2) is 9.97 Å². The minimum atomic E-state index is -0.113. The Bertz CT molecular complexity index is 1340. The van der Waals surface area contributed by atoms with Gasteiger partial charge in [0.2, 0.25) is 0 Å². The Morgan fingerprint density at radius 2 is 1.76 bits per heavy atom.